The van der Waals surface area contributed by atoms with Crippen molar-refractivity contribution in [2.75, 3.05) is 6.61 Å². The summed E-state index contributed by atoms with van der Waals surface area (Å²) in [6.07, 6.45) is 0.582. The van der Waals surface area contributed by atoms with Gasteiger partial charge in [0.25, 0.3) is 0 Å². The summed E-state index contributed by atoms with van der Waals surface area (Å²) in [7, 11) is 0. The molecule has 53 heavy (non-hydrogen) atoms. The predicted octanol–water partition coefficient (Wildman–Crippen LogP) is 8.06. The van der Waals surface area contributed by atoms with Crippen LogP contribution in [0, 0.1) is 0 Å². The van der Waals surface area contributed by atoms with Crippen LogP contribution in [-0.2, 0) is 28.8 Å². The number of ether oxygens (including phenoxy) is 1. The van der Waals surface area contributed by atoms with E-state index in [-0.39, 0.29) is 12.3 Å². The topological polar surface area (TPSA) is 108 Å². The molecule has 0 atom stereocenters. The van der Waals surface area contributed by atoms with Gasteiger partial charge in [0.15, 0.2) is 11.5 Å². The highest BCUT2D eigenvalue weighted by molar-refractivity contribution is 5.89. The summed E-state index contributed by atoms with van der Waals surface area (Å²) in [5.41, 5.74) is 5.23. The number of nitrogens with zero attached hydrogens (tertiary/aromatic N) is 6. The smallest absolute Gasteiger partial charge is 0.357 e. The summed E-state index contributed by atoms with van der Waals surface area (Å²) >= 11 is 0. The lowest BCUT2D eigenvalue weighted by Gasteiger charge is -2.36. The normalized spacial score (nSPS) is 11.8. The Balaban J connectivity index is 1.33. The zero-order valence-electron chi connectivity index (χ0n) is 30.3. The first kappa shape index (κ1) is 35.2. The van der Waals surface area contributed by atoms with E-state index < -0.39 is 17.1 Å². The maximum atomic E-state index is 13.2. The lowest BCUT2D eigenvalue weighted by molar-refractivity contribution is 0.0469. The first-order valence-electron chi connectivity index (χ1n) is 17.9. The molecule has 9 heteroatoms. The molecule has 9 nitrogen and oxygen atoms in total. The van der Waals surface area contributed by atoms with Crippen LogP contribution in [0.15, 0.2) is 140 Å². The third-order valence-corrected chi connectivity index (χ3v) is 9.55. The van der Waals surface area contributed by atoms with Crippen molar-refractivity contribution in [2.45, 2.75) is 51.8 Å². The first-order valence-corrected chi connectivity index (χ1v) is 17.9. The molecule has 7 aromatic rings. The monoisotopic (exact) mass is 702 g/mol. The van der Waals surface area contributed by atoms with Gasteiger partial charge in [-0.2, -0.15) is 0 Å². The van der Waals surface area contributed by atoms with E-state index in [0.717, 1.165) is 38.9 Å². The zero-order chi connectivity index (χ0) is 37.0. The number of tetrazole rings is 1. The molecule has 0 amide bonds. The lowest BCUT2D eigenvalue weighted by Crippen LogP contribution is -2.39. The van der Waals surface area contributed by atoms with Crippen LogP contribution in [-0.4, -0.2) is 47.4 Å². The Morgan fingerprint density at radius 3 is 1.75 bits per heavy atom. The van der Waals surface area contributed by atoms with Gasteiger partial charge < -0.3 is 14.4 Å². The third-order valence-electron chi connectivity index (χ3n) is 9.55. The number of aromatic nitrogens is 6. The molecule has 0 aliphatic carbocycles. The van der Waals surface area contributed by atoms with Gasteiger partial charge in [0, 0.05) is 18.5 Å². The SMILES string of the molecule is CCOC(=O)c1c(C(C)(C)O)nc(CC)n1Cc1ccc(-c2ccccc2-c2nnnn2C(c2ccccc2)(c2ccccc2)c2ccccc2)cc1. The van der Waals surface area contributed by atoms with Gasteiger partial charge in [0.05, 0.1) is 6.61 Å². The Bertz CT molecular complexity index is 2210. The summed E-state index contributed by atoms with van der Waals surface area (Å²) in [5, 5.41) is 24.7. The fourth-order valence-corrected chi connectivity index (χ4v) is 7.16. The zero-order valence-corrected chi connectivity index (χ0v) is 30.3. The van der Waals surface area contributed by atoms with Crippen LogP contribution < -0.4 is 0 Å². The average Bonchev–Trinajstić information content (AvgIpc) is 3.83. The molecule has 266 valence electrons. The number of benzene rings is 5. The van der Waals surface area contributed by atoms with E-state index in [1.165, 1.54) is 0 Å². The van der Waals surface area contributed by atoms with Crippen molar-refractivity contribution >= 4 is 5.97 Å². The maximum Gasteiger partial charge on any atom is 0.357 e. The van der Waals surface area contributed by atoms with Gasteiger partial charge >= 0.3 is 5.97 Å². The van der Waals surface area contributed by atoms with E-state index in [4.69, 9.17) is 15.0 Å². The molecular weight excluding hydrogens is 661 g/mol. The Hall–Kier alpha value is -6.19. The lowest BCUT2D eigenvalue weighted by atomic mass is 9.77. The first-order chi connectivity index (χ1) is 25.8. The highest BCUT2D eigenvalue weighted by Gasteiger charge is 2.42. The predicted molar refractivity (Wildman–Crippen MR) is 205 cm³/mol. The molecular formula is C44H42N6O3. The molecule has 0 aliphatic heterocycles. The number of rotatable bonds is 12. The van der Waals surface area contributed by atoms with Crippen LogP contribution in [0.4, 0.5) is 0 Å². The Morgan fingerprint density at radius 2 is 1.25 bits per heavy atom. The largest absolute Gasteiger partial charge is 0.461 e. The summed E-state index contributed by atoms with van der Waals surface area (Å²) in [5.74, 6) is 0.813. The second-order valence-electron chi connectivity index (χ2n) is 13.4. The van der Waals surface area contributed by atoms with Crippen molar-refractivity contribution in [2.24, 2.45) is 0 Å². The van der Waals surface area contributed by atoms with Crippen LogP contribution in [0.1, 0.15) is 72.0 Å². The highest BCUT2D eigenvalue weighted by Crippen LogP contribution is 2.43. The molecule has 0 unspecified atom stereocenters. The molecule has 7 rings (SSSR count). The Kier molecular flexibility index (Phi) is 9.84. The van der Waals surface area contributed by atoms with Gasteiger partial charge in [0.1, 0.15) is 22.7 Å². The van der Waals surface area contributed by atoms with E-state index in [1.54, 1.807) is 20.8 Å². The van der Waals surface area contributed by atoms with Crippen molar-refractivity contribution < 1.29 is 14.6 Å². The molecule has 0 fully saturated rings. The number of aliphatic hydroxyl groups is 1. The fraction of sp³-hybridized carbons (Fsp3) is 0.205. The molecule has 0 saturated heterocycles. The van der Waals surface area contributed by atoms with Crippen molar-refractivity contribution in [3.05, 3.63) is 179 Å². The third kappa shape index (κ3) is 6.56. The van der Waals surface area contributed by atoms with Gasteiger partial charge in [-0.05, 0) is 64.6 Å². The van der Waals surface area contributed by atoms with Crippen molar-refractivity contribution in [3.8, 4) is 22.5 Å². The second kappa shape index (κ2) is 14.8. The summed E-state index contributed by atoms with van der Waals surface area (Å²) < 4.78 is 9.22. The van der Waals surface area contributed by atoms with Gasteiger partial charge in [0.2, 0.25) is 0 Å². The van der Waals surface area contributed by atoms with Crippen LogP contribution in [0.5, 0.6) is 0 Å². The number of carbonyl (C=O) groups is 1. The highest BCUT2D eigenvalue weighted by atomic mass is 16.5. The van der Waals surface area contributed by atoms with Crippen molar-refractivity contribution in [1.82, 2.24) is 29.8 Å². The van der Waals surface area contributed by atoms with Crippen LogP contribution in [0.3, 0.4) is 0 Å². The van der Waals surface area contributed by atoms with Gasteiger partial charge in [-0.3, -0.25) is 0 Å². The molecule has 0 spiro atoms. The van der Waals surface area contributed by atoms with E-state index in [2.05, 4.69) is 83.0 Å². The number of hydrogen-bond donors (Lipinski definition) is 1. The minimum Gasteiger partial charge on any atom is -0.461 e. The number of carbonyl (C=O) groups excluding carboxylic acids is 1. The van der Waals surface area contributed by atoms with Gasteiger partial charge in [-0.1, -0.05) is 146 Å². The van der Waals surface area contributed by atoms with Crippen LogP contribution in [0.25, 0.3) is 22.5 Å². The van der Waals surface area contributed by atoms with E-state index >= 15 is 0 Å². The molecule has 2 heterocycles. The molecule has 0 aliphatic rings. The minimum absolute atomic E-state index is 0.220. The standard InChI is InChI=1S/C44H42N6O3/c1-5-38-45-40(43(3,4)52)39(42(51)53-6-2)49(38)30-31-26-28-32(29-27-31)36-24-16-17-25-37(36)41-46-47-48-50(41)44(33-18-10-7-11-19-33,34-20-12-8-13-21-34)35-22-14-9-15-23-35/h7-29,52H,5-6,30H2,1-4H3. The molecule has 0 radical (unpaired) electrons. The van der Waals surface area contributed by atoms with Gasteiger partial charge in [-0.25, -0.2) is 14.5 Å². The summed E-state index contributed by atoms with van der Waals surface area (Å²) in [6.45, 7) is 7.62. The molecule has 1 N–H and O–H groups in total. The van der Waals surface area contributed by atoms with Crippen LogP contribution >= 0.6 is 0 Å². The van der Waals surface area contributed by atoms with Crippen LogP contribution in [0.2, 0.25) is 0 Å². The number of esters is 1. The second-order valence-corrected chi connectivity index (χ2v) is 13.4. The fourth-order valence-electron chi connectivity index (χ4n) is 7.16. The van der Waals surface area contributed by atoms with E-state index in [9.17, 15) is 9.90 Å². The van der Waals surface area contributed by atoms with Crippen molar-refractivity contribution in [1.29, 1.82) is 0 Å². The minimum atomic E-state index is -1.32. The molecule has 2 aromatic heterocycles. The number of imidazole rings is 1. The summed E-state index contributed by atoms with van der Waals surface area (Å²) in [4.78, 5) is 17.9. The molecule has 5 aromatic carbocycles. The Labute approximate surface area is 309 Å². The molecule has 0 bridgehead atoms. The van der Waals surface area contributed by atoms with E-state index in [1.807, 2.05) is 82.9 Å². The van der Waals surface area contributed by atoms with Crippen molar-refractivity contribution in [3.63, 3.8) is 0 Å². The number of hydrogen-bond acceptors (Lipinski definition) is 7. The molecule has 0 saturated carbocycles. The average molecular weight is 703 g/mol. The van der Waals surface area contributed by atoms with Gasteiger partial charge in [-0.15, -0.1) is 5.10 Å². The summed E-state index contributed by atoms with van der Waals surface area (Å²) in [6, 6.07) is 47.5. The number of aryl methyl sites for hydroxylation is 1. The Morgan fingerprint density at radius 1 is 0.717 bits per heavy atom. The van der Waals surface area contributed by atoms with E-state index in [0.29, 0.717) is 30.3 Å². The maximum absolute atomic E-state index is 13.2. The quantitative estimate of drug-likeness (QED) is 0.101.